The third-order valence-corrected chi connectivity index (χ3v) is 5.03. The molecule has 0 atom stereocenters. The quantitative estimate of drug-likeness (QED) is 0.708. The molecule has 0 bridgehead atoms. The van der Waals surface area contributed by atoms with Crippen molar-refractivity contribution in [1.29, 1.82) is 0 Å². The summed E-state index contributed by atoms with van der Waals surface area (Å²) in [6.45, 7) is 7.47. The normalized spacial score (nSPS) is 15.7. The van der Waals surface area contributed by atoms with E-state index < -0.39 is 0 Å². The Morgan fingerprint density at radius 2 is 1.93 bits per heavy atom. The molecule has 2 aromatic rings. The van der Waals surface area contributed by atoms with Crippen LogP contribution in [0.1, 0.15) is 13.3 Å². The average molecular weight is 423 g/mol. The smallest absolute Gasteiger partial charge is 0.311 e. The number of para-hydroxylation sites is 2. The Labute approximate surface area is 176 Å². The molecule has 4 rings (SSSR count). The molecular formula is C20H27ClN4O4. The van der Waals surface area contributed by atoms with E-state index in [0.29, 0.717) is 18.2 Å². The van der Waals surface area contributed by atoms with E-state index in [2.05, 4.69) is 14.9 Å². The maximum absolute atomic E-state index is 12.7. The predicted molar refractivity (Wildman–Crippen MR) is 113 cm³/mol. The lowest BCUT2D eigenvalue weighted by atomic mass is 10.2. The molecule has 0 unspecified atom stereocenters. The lowest BCUT2D eigenvalue weighted by molar-refractivity contribution is 0.0377. The van der Waals surface area contributed by atoms with Crippen LogP contribution in [0.2, 0.25) is 0 Å². The summed E-state index contributed by atoms with van der Waals surface area (Å²) in [7, 11) is 1.61. The summed E-state index contributed by atoms with van der Waals surface area (Å²) >= 11 is 0. The fourth-order valence-corrected chi connectivity index (χ4v) is 3.66. The molecule has 0 radical (unpaired) electrons. The van der Waals surface area contributed by atoms with Gasteiger partial charge in [0, 0.05) is 33.2 Å². The fraction of sp³-hybridized carbons (Fsp3) is 0.500. The minimum atomic E-state index is -0.262. The van der Waals surface area contributed by atoms with Crippen LogP contribution in [0, 0.1) is 0 Å². The van der Waals surface area contributed by atoms with Gasteiger partial charge in [-0.2, -0.15) is 0 Å². The lowest BCUT2D eigenvalue weighted by Gasteiger charge is -2.34. The number of fused-ring (bicyclic) bond motifs is 2. The molecule has 29 heavy (non-hydrogen) atoms. The van der Waals surface area contributed by atoms with E-state index in [-0.39, 0.29) is 23.7 Å². The first-order chi connectivity index (χ1) is 13.7. The van der Waals surface area contributed by atoms with Crippen LogP contribution in [0.4, 0.5) is 11.4 Å². The molecule has 1 aromatic carbocycles. The van der Waals surface area contributed by atoms with Gasteiger partial charge in [-0.15, -0.1) is 17.5 Å². The van der Waals surface area contributed by atoms with Gasteiger partial charge in [0.2, 0.25) is 5.75 Å². The van der Waals surface area contributed by atoms with Gasteiger partial charge in [0.25, 0.3) is 5.88 Å². The molecule has 0 amide bonds. The van der Waals surface area contributed by atoms with Gasteiger partial charge in [-0.3, -0.25) is 9.69 Å². The number of morpholine rings is 1. The maximum Gasteiger partial charge on any atom is 0.311 e. The zero-order valence-corrected chi connectivity index (χ0v) is 17.6. The van der Waals surface area contributed by atoms with Crippen LogP contribution in [-0.2, 0) is 11.8 Å². The van der Waals surface area contributed by atoms with Crippen molar-refractivity contribution in [2.75, 3.05) is 50.9 Å². The van der Waals surface area contributed by atoms with Gasteiger partial charge in [0.05, 0.1) is 25.5 Å². The third kappa shape index (κ3) is 4.34. The highest BCUT2D eigenvalue weighted by Gasteiger charge is 2.31. The highest BCUT2D eigenvalue weighted by molar-refractivity contribution is 5.85. The highest BCUT2D eigenvalue weighted by Crippen LogP contribution is 2.48. The largest absolute Gasteiger partial charge is 0.486 e. The van der Waals surface area contributed by atoms with E-state index in [0.717, 1.165) is 57.3 Å². The number of hydrogen-bond donors (Lipinski definition) is 0. The number of rotatable bonds is 6. The molecule has 3 heterocycles. The molecule has 1 saturated heterocycles. The van der Waals surface area contributed by atoms with Crippen molar-refractivity contribution < 1.29 is 14.2 Å². The Bertz CT molecular complexity index is 899. The number of benzene rings is 1. The summed E-state index contributed by atoms with van der Waals surface area (Å²) in [5, 5.41) is 4.34. The first kappa shape index (κ1) is 21.4. The van der Waals surface area contributed by atoms with E-state index in [9.17, 15) is 4.79 Å². The Balaban J connectivity index is 0.00000240. The highest BCUT2D eigenvalue weighted by atomic mass is 35.5. The Hall–Kier alpha value is -2.29. The van der Waals surface area contributed by atoms with Gasteiger partial charge >= 0.3 is 5.56 Å². The summed E-state index contributed by atoms with van der Waals surface area (Å²) < 4.78 is 18.4. The molecule has 0 saturated carbocycles. The van der Waals surface area contributed by atoms with E-state index in [1.807, 2.05) is 31.2 Å². The Morgan fingerprint density at radius 3 is 2.69 bits per heavy atom. The van der Waals surface area contributed by atoms with Gasteiger partial charge in [0.1, 0.15) is 0 Å². The van der Waals surface area contributed by atoms with Crippen LogP contribution in [-0.4, -0.2) is 60.7 Å². The van der Waals surface area contributed by atoms with E-state index >= 15 is 0 Å². The van der Waals surface area contributed by atoms with Crippen LogP contribution < -0.4 is 19.9 Å². The number of anilines is 2. The summed E-state index contributed by atoms with van der Waals surface area (Å²) in [6.07, 6.45) is 0.939. The molecular weight excluding hydrogens is 396 g/mol. The van der Waals surface area contributed by atoms with Gasteiger partial charge in [-0.25, -0.2) is 4.68 Å². The second kappa shape index (κ2) is 9.47. The maximum atomic E-state index is 12.7. The van der Waals surface area contributed by atoms with Crippen molar-refractivity contribution >= 4 is 23.8 Å². The van der Waals surface area contributed by atoms with Crippen molar-refractivity contribution in [3.8, 4) is 17.4 Å². The molecule has 2 aliphatic heterocycles. The van der Waals surface area contributed by atoms with Gasteiger partial charge in [-0.1, -0.05) is 12.1 Å². The molecule has 0 N–H and O–H groups in total. The molecule has 1 fully saturated rings. The molecule has 8 nitrogen and oxygen atoms in total. The summed E-state index contributed by atoms with van der Waals surface area (Å²) in [5.74, 6) is 1.42. The average Bonchev–Trinajstić information content (AvgIpc) is 2.72. The minimum absolute atomic E-state index is 0. The number of ether oxygens (including phenoxy) is 3. The monoisotopic (exact) mass is 422 g/mol. The van der Waals surface area contributed by atoms with Crippen LogP contribution >= 0.6 is 12.4 Å². The summed E-state index contributed by atoms with van der Waals surface area (Å²) in [4.78, 5) is 17.2. The van der Waals surface area contributed by atoms with Crippen LogP contribution in [0.25, 0.3) is 0 Å². The molecule has 158 valence electrons. The van der Waals surface area contributed by atoms with Gasteiger partial charge in [-0.05, 0) is 25.5 Å². The molecule has 0 aliphatic carbocycles. The Kier molecular flexibility index (Phi) is 7.00. The number of nitrogens with zero attached hydrogens (tertiary/aromatic N) is 4. The van der Waals surface area contributed by atoms with Crippen LogP contribution in [0.15, 0.2) is 29.1 Å². The SMILES string of the molecule is CCOc1c2c(nn(C)c1=O)Oc1ccccc1N2CCCN1CCOCC1.Cl. The number of aryl methyl sites for hydroxylation is 1. The second-order valence-electron chi connectivity index (χ2n) is 6.87. The zero-order valence-electron chi connectivity index (χ0n) is 16.8. The summed E-state index contributed by atoms with van der Waals surface area (Å²) in [5.41, 5.74) is 1.28. The van der Waals surface area contributed by atoms with Gasteiger partial charge < -0.3 is 19.1 Å². The number of halogens is 1. The lowest BCUT2D eigenvalue weighted by Crippen LogP contribution is -2.38. The molecule has 0 spiro atoms. The predicted octanol–water partition coefficient (Wildman–Crippen LogP) is 2.57. The van der Waals surface area contributed by atoms with Crippen molar-refractivity contribution in [3.05, 3.63) is 34.6 Å². The van der Waals surface area contributed by atoms with E-state index in [1.54, 1.807) is 7.05 Å². The molecule has 1 aromatic heterocycles. The van der Waals surface area contributed by atoms with Crippen LogP contribution in [0.5, 0.6) is 17.4 Å². The number of aromatic nitrogens is 2. The van der Waals surface area contributed by atoms with E-state index in [1.165, 1.54) is 4.68 Å². The fourth-order valence-electron chi connectivity index (χ4n) is 3.66. The van der Waals surface area contributed by atoms with Crippen molar-refractivity contribution in [2.45, 2.75) is 13.3 Å². The topological polar surface area (TPSA) is 69.1 Å². The first-order valence-electron chi connectivity index (χ1n) is 9.77. The third-order valence-electron chi connectivity index (χ3n) is 5.03. The van der Waals surface area contributed by atoms with Crippen LogP contribution in [0.3, 0.4) is 0 Å². The van der Waals surface area contributed by atoms with Crippen molar-refractivity contribution in [1.82, 2.24) is 14.7 Å². The summed E-state index contributed by atoms with van der Waals surface area (Å²) in [6, 6.07) is 7.82. The minimum Gasteiger partial charge on any atom is -0.486 e. The van der Waals surface area contributed by atoms with Crippen molar-refractivity contribution in [2.24, 2.45) is 7.05 Å². The zero-order chi connectivity index (χ0) is 19.5. The first-order valence-corrected chi connectivity index (χ1v) is 9.77. The number of hydrogen-bond acceptors (Lipinski definition) is 7. The van der Waals surface area contributed by atoms with Gasteiger partial charge in [0.15, 0.2) is 11.4 Å². The standard InChI is InChI=1S/C20H26N4O4.ClH/c1-3-27-18-17-19(21-22(2)20(18)25)28-16-8-5-4-7-15(16)24(17)10-6-9-23-11-13-26-14-12-23;/h4-5,7-8H,3,6,9-14H2,1-2H3;1H. The second-order valence-corrected chi connectivity index (χ2v) is 6.87. The Morgan fingerprint density at radius 1 is 1.17 bits per heavy atom. The molecule has 9 heteroatoms. The van der Waals surface area contributed by atoms with E-state index in [4.69, 9.17) is 14.2 Å². The molecule has 2 aliphatic rings. The van der Waals surface area contributed by atoms with Crippen molar-refractivity contribution in [3.63, 3.8) is 0 Å².